The number of hydrogen-bond acceptors (Lipinski definition) is 0. The second kappa shape index (κ2) is 8.77. The molecule has 1 atom stereocenters. The lowest BCUT2D eigenvalue weighted by Gasteiger charge is -2.29. The van der Waals surface area contributed by atoms with Crippen LogP contribution in [0.2, 0.25) is 0 Å². The molecule has 0 fully saturated rings. The molecule has 0 aromatic carbocycles. The molecule has 0 spiro atoms. The van der Waals surface area contributed by atoms with Crippen LogP contribution in [0.3, 0.4) is 0 Å². The van der Waals surface area contributed by atoms with Crippen molar-refractivity contribution < 1.29 is 9.38 Å². The highest BCUT2D eigenvalue weighted by Crippen LogP contribution is 2.05. The summed E-state index contributed by atoms with van der Waals surface area (Å²) < 4.78 is 1.19. The summed E-state index contributed by atoms with van der Waals surface area (Å²) in [5, 5.41) is 0. The number of unbranched alkanes of at least 4 members (excludes halogenated alkanes) is 3. The number of hydrogen-bond donors (Lipinski definition) is 1. The quantitative estimate of drug-likeness (QED) is 0.429. The van der Waals surface area contributed by atoms with Gasteiger partial charge in [-0.1, -0.05) is 13.3 Å². The zero-order valence-electron chi connectivity index (χ0n) is 11.9. The Bertz CT molecular complexity index is 176. The Morgan fingerprint density at radius 2 is 1.69 bits per heavy atom. The highest BCUT2D eigenvalue weighted by molar-refractivity contribution is 4.46. The predicted octanol–water partition coefficient (Wildman–Crippen LogP) is 1.69. The molecule has 0 radical (unpaired) electrons. The van der Waals surface area contributed by atoms with Gasteiger partial charge in [0.15, 0.2) is 0 Å². The van der Waals surface area contributed by atoms with Crippen LogP contribution < -0.4 is 4.90 Å². The molecule has 0 aliphatic heterocycles. The van der Waals surface area contributed by atoms with Crippen LogP contribution in [0.15, 0.2) is 12.8 Å². The van der Waals surface area contributed by atoms with E-state index in [1.807, 2.05) is 6.20 Å². The summed E-state index contributed by atoms with van der Waals surface area (Å²) in [5.41, 5.74) is 0. The van der Waals surface area contributed by atoms with Gasteiger partial charge in [0.2, 0.25) is 0 Å². The van der Waals surface area contributed by atoms with E-state index in [9.17, 15) is 0 Å². The van der Waals surface area contributed by atoms with E-state index in [1.54, 1.807) is 0 Å². The Morgan fingerprint density at radius 3 is 2.25 bits per heavy atom. The summed E-state index contributed by atoms with van der Waals surface area (Å²) in [7, 11) is 6.89. The molecule has 0 aliphatic rings. The van der Waals surface area contributed by atoms with Crippen molar-refractivity contribution in [2.45, 2.75) is 39.0 Å². The first-order valence-electron chi connectivity index (χ1n) is 6.78. The first-order valence-corrected chi connectivity index (χ1v) is 6.78. The van der Waals surface area contributed by atoms with Gasteiger partial charge in [0.05, 0.1) is 47.0 Å². The monoisotopic (exact) mass is 228 g/mol. The first kappa shape index (κ1) is 15.7. The van der Waals surface area contributed by atoms with Crippen LogP contribution in [0.25, 0.3) is 0 Å². The van der Waals surface area contributed by atoms with Crippen molar-refractivity contribution in [3.8, 4) is 0 Å². The average molecular weight is 228 g/mol. The van der Waals surface area contributed by atoms with Gasteiger partial charge in [-0.05, 0) is 32.3 Å². The molecule has 0 saturated heterocycles. The number of rotatable bonds is 10. The van der Waals surface area contributed by atoms with E-state index >= 15 is 0 Å². The molecule has 0 amide bonds. The fraction of sp³-hybridized carbons (Fsp3) is 0.857. The van der Waals surface area contributed by atoms with Gasteiger partial charge in [0.25, 0.3) is 0 Å². The molecule has 0 heterocycles. The Balaban J connectivity index is 3.45. The second-order valence-electron chi connectivity index (χ2n) is 5.60. The average Bonchev–Trinajstić information content (AvgIpc) is 2.25. The second-order valence-corrected chi connectivity index (χ2v) is 5.60. The van der Waals surface area contributed by atoms with E-state index in [1.165, 1.54) is 61.1 Å². The highest BCUT2D eigenvalue weighted by atomic mass is 15.3. The first-order chi connectivity index (χ1) is 7.52. The molecule has 1 N–H and O–H groups in total. The molecule has 0 bridgehead atoms. The third-order valence-corrected chi connectivity index (χ3v) is 3.30. The molecular weight excluding hydrogens is 196 g/mol. The minimum atomic E-state index is 1.19. The summed E-state index contributed by atoms with van der Waals surface area (Å²) in [6, 6.07) is 0. The predicted molar refractivity (Wildman–Crippen MR) is 72.6 cm³/mol. The van der Waals surface area contributed by atoms with Gasteiger partial charge in [0, 0.05) is 0 Å². The van der Waals surface area contributed by atoms with Gasteiger partial charge in [-0.15, -0.1) is 0 Å². The van der Waals surface area contributed by atoms with Crippen LogP contribution in [0.5, 0.6) is 0 Å². The largest absolute Gasteiger partial charge is 0.328 e. The van der Waals surface area contributed by atoms with Gasteiger partial charge in [-0.25, -0.2) is 0 Å². The molecule has 2 heteroatoms. The van der Waals surface area contributed by atoms with Gasteiger partial charge in [-0.3, -0.25) is 0 Å². The van der Waals surface area contributed by atoms with E-state index in [2.05, 4.69) is 34.6 Å². The normalized spacial score (nSPS) is 13.8. The molecular formula is C14H32N2+2. The molecule has 0 saturated carbocycles. The van der Waals surface area contributed by atoms with Crippen LogP contribution in [0.1, 0.15) is 39.0 Å². The van der Waals surface area contributed by atoms with Gasteiger partial charge in [0.1, 0.15) is 0 Å². The van der Waals surface area contributed by atoms with E-state index < -0.39 is 0 Å². The standard InChI is InChI=1S/C14H31N2/c1-6-8-13-16(4,5)14-11-9-10-12-15(3)7-2/h7H,2,6,8-14H2,1,3-5H3/q+1/p+1. The Morgan fingerprint density at radius 1 is 1.06 bits per heavy atom. The van der Waals surface area contributed by atoms with Crippen LogP contribution in [0.4, 0.5) is 0 Å². The molecule has 0 aliphatic carbocycles. The molecule has 0 rings (SSSR count). The summed E-state index contributed by atoms with van der Waals surface area (Å²) in [6.45, 7) is 9.95. The van der Waals surface area contributed by atoms with Crippen LogP contribution in [-0.2, 0) is 0 Å². The molecule has 96 valence electrons. The zero-order valence-corrected chi connectivity index (χ0v) is 11.9. The van der Waals surface area contributed by atoms with Gasteiger partial charge < -0.3 is 9.38 Å². The molecule has 0 aromatic rings. The van der Waals surface area contributed by atoms with Crippen molar-refractivity contribution in [1.82, 2.24) is 0 Å². The fourth-order valence-corrected chi connectivity index (χ4v) is 1.92. The van der Waals surface area contributed by atoms with Crippen molar-refractivity contribution >= 4 is 0 Å². The third kappa shape index (κ3) is 8.93. The zero-order chi connectivity index (χ0) is 12.4. The van der Waals surface area contributed by atoms with Crippen molar-refractivity contribution in [3.63, 3.8) is 0 Å². The lowest BCUT2D eigenvalue weighted by atomic mass is 10.2. The number of quaternary nitrogens is 2. The maximum absolute atomic E-state index is 3.79. The molecule has 2 nitrogen and oxygen atoms in total. The minimum Gasteiger partial charge on any atom is -0.328 e. The van der Waals surface area contributed by atoms with Crippen LogP contribution in [-0.4, -0.2) is 45.3 Å². The third-order valence-electron chi connectivity index (χ3n) is 3.30. The highest BCUT2D eigenvalue weighted by Gasteiger charge is 2.12. The van der Waals surface area contributed by atoms with E-state index in [-0.39, 0.29) is 0 Å². The van der Waals surface area contributed by atoms with Crippen molar-refractivity contribution in [3.05, 3.63) is 12.8 Å². The molecule has 0 aromatic heterocycles. The van der Waals surface area contributed by atoms with E-state index in [4.69, 9.17) is 0 Å². The Kier molecular flexibility index (Phi) is 8.58. The van der Waals surface area contributed by atoms with Gasteiger partial charge >= 0.3 is 0 Å². The van der Waals surface area contributed by atoms with Gasteiger partial charge in [-0.2, -0.15) is 0 Å². The van der Waals surface area contributed by atoms with Crippen LogP contribution >= 0.6 is 0 Å². The maximum Gasteiger partial charge on any atom is 0.0867 e. The fourth-order valence-electron chi connectivity index (χ4n) is 1.92. The smallest absolute Gasteiger partial charge is 0.0867 e. The van der Waals surface area contributed by atoms with Crippen molar-refractivity contribution in [2.24, 2.45) is 0 Å². The molecule has 16 heavy (non-hydrogen) atoms. The Labute approximate surface area is 103 Å². The summed E-state index contributed by atoms with van der Waals surface area (Å²) in [6.07, 6.45) is 8.71. The SMILES string of the molecule is C=C[NH+](C)CCCCC[N+](C)(C)CCCC. The molecule has 1 unspecified atom stereocenters. The number of nitrogens with zero attached hydrogens (tertiary/aromatic N) is 1. The summed E-state index contributed by atoms with van der Waals surface area (Å²) >= 11 is 0. The topological polar surface area (TPSA) is 4.44 Å². The lowest BCUT2D eigenvalue weighted by molar-refractivity contribution is -0.890. The number of nitrogens with one attached hydrogen (secondary N) is 1. The van der Waals surface area contributed by atoms with Crippen molar-refractivity contribution in [1.29, 1.82) is 0 Å². The summed E-state index contributed by atoms with van der Waals surface area (Å²) in [4.78, 5) is 1.43. The van der Waals surface area contributed by atoms with Crippen molar-refractivity contribution in [2.75, 3.05) is 40.8 Å². The summed E-state index contributed by atoms with van der Waals surface area (Å²) in [5.74, 6) is 0. The Hall–Kier alpha value is -0.340. The maximum atomic E-state index is 3.79. The van der Waals surface area contributed by atoms with Crippen LogP contribution in [0, 0.1) is 0 Å². The minimum absolute atomic E-state index is 1.19. The van der Waals surface area contributed by atoms with E-state index in [0.717, 1.165) is 0 Å². The lowest BCUT2D eigenvalue weighted by Crippen LogP contribution is -3.04. The van der Waals surface area contributed by atoms with E-state index in [0.29, 0.717) is 0 Å².